The quantitative estimate of drug-likeness (QED) is 0.242. The Morgan fingerprint density at radius 1 is 0.882 bits per heavy atom. The van der Waals surface area contributed by atoms with Gasteiger partial charge in [0.05, 0.1) is 0 Å². The summed E-state index contributed by atoms with van der Waals surface area (Å²) in [4.78, 5) is 9.00. The average molecular weight is 249 g/mol. The molecule has 0 bridgehead atoms. The van der Waals surface area contributed by atoms with Crippen LogP contribution in [0.5, 0.6) is 0 Å². The maximum Gasteiger partial charge on any atom is 0.300 e. The maximum atomic E-state index is 9.00. The molecular weight excluding hydrogens is 222 g/mol. The first kappa shape index (κ1) is 18.6. The molecule has 0 aliphatic rings. The van der Waals surface area contributed by atoms with E-state index in [1.165, 1.54) is 0 Å². The van der Waals surface area contributed by atoms with Gasteiger partial charge in [-0.1, -0.05) is 0 Å². The number of aliphatic carboxylic acids is 1. The van der Waals surface area contributed by atoms with E-state index in [4.69, 9.17) is 21.4 Å². The molecule has 0 saturated heterocycles. The Morgan fingerprint density at radius 3 is 1.35 bits per heavy atom. The van der Waals surface area contributed by atoms with Crippen molar-refractivity contribution in [1.82, 2.24) is 16.0 Å². The Hall–Kier alpha value is -0.730. The van der Waals surface area contributed by atoms with Crippen molar-refractivity contribution in [2.75, 3.05) is 52.4 Å². The van der Waals surface area contributed by atoms with Gasteiger partial charge in [-0.3, -0.25) is 4.79 Å². The molecule has 104 valence electrons. The fraction of sp³-hybridized carbons (Fsp3) is 0.900. The molecule has 0 unspecified atom stereocenters. The molecule has 0 fully saturated rings. The van der Waals surface area contributed by atoms with Crippen molar-refractivity contribution in [3.8, 4) is 0 Å². The minimum Gasteiger partial charge on any atom is -0.481 e. The lowest BCUT2D eigenvalue weighted by Crippen LogP contribution is -2.35. The number of carbonyl (C=O) groups is 1. The first-order valence-corrected chi connectivity index (χ1v) is 5.87. The molecule has 0 heterocycles. The van der Waals surface area contributed by atoms with Crippen LogP contribution in [0.4, 0.5) is 0 Å². The first-order chi connectivity index (χ1) is 8.15. The van der Waals surface area contributed by atoms with Gasteiger partial charge in [0.15, 0.2) is 0 Å². The second kappa shape index (κ2) is 17.7. The molecule has 0 saturated carbocycles. The largest absolute Gasteiger partial charge is 0.481 e. The summed E-state index contributed by atoms with van der Waals surface area (Å²) >= 11 is 0. The van der Waals surface area contributed by atoms with Gasteiger partial charge >= 0.3 is 0 Å². The lowest BCUT2D eigenvalue weighted by molar-refractivity contribution is -0.134. The predicted molar refractivity (Wildman–Crippen MR) is 70.0 cm³/mol. The second-order valence-electron chi connectivity index (χ2n) is 3.35. The SMILES string of the molecule is CC(=O)O.NCCNCCNCCNCCN. The Labute approximate surface area is 103 Å². The Bertz CT molecular complexity index is 144. The van der Waals surface area contributed by atoms with Crippen LogP contribution in [-0.4, -0.2) is 63.4 Å². The average Bonchev–Trinajstić information content (AvgIpc) is 2.26. The van der Waals surface area contributed by atoms with Crippen molar-refractivity contribution in [2.24, 2.45) is 11.5 Å². The van der Waals surface area contributed by atoms with Gasteiger partial charge in [-0.15, -0.1) is 0 Å². The fourth-order valence-corrected chi connectivity index (χ4v) is 0.933. The van der Waals surface area contributed by atoms with Gasteiger partial charge in [0.2, 0.25) is 0 Å². The van der Waals surface area contributed by atoms with Gasteiger partial charge in [0.1, 0.15) is 0 Å². The molecule has 0 aromatic carbocycles. The number of hydrogen-bond acceptors (Lipinski definition) is 6. The van der Waals surface area contributed by atoms with Crippen LogP contribution in [0.25, 0.3) is 0 Å². The normalized spacial score (nSPS) is 9.59. The van der Waals surface area contributed by atoms with Crippen LogP contribution in [0.1, 0.15) is 6.92 Å². The Kier molecular flexibility index (Phi) is 19.4. The van der Waals surface area contributed by atoms with E-state index >= 15 is 0 Å². The highest BCUT2D eigenvalue weighted by Crippen LogP contribution is 1.60. The van der Waals surface area contributed by atoms with Crippen LogP contribution in [0.2, 0.25) is 0 Å². The summed E-state index contributed by atoms with van der Waals surface area (Å²) in [5, 5.41) is 17.1. The maximum absolute atomic E-state index is 9.00. The lowest BCUT2D eigenvalue weighted by atomic mass is 10.5. The van der Waals surface area contributed by atoms with E-state index in [0.717, 1.165) is 46.2 Å². The molecule has 0 amide bonds. The van der Waals surface area contributed by atoms with Crippen molar-refractivity contribution < 1.29 is 9.90 Å². The topological polar surface area (TPSA) is 125 Å². The van der Waals surface area contributed by atoms with Crippen molar-refractivity contribution in [3.05, 3.63) is 0 Å². The van der Waals surface area contributed by atoms with Crippen LogP contribution in [0, 0.1) is 0 Å². The van der Waals surface area contributed by atoms with E-state index < -0.39 is 5.97 Å². The smallest absolute Gasteiger partial charge is 0.300 e. The third-order valence-corrected chi connectivity index (χ3v) is 1.60. The summed E-state index contributed by atoms with van der Waals surface area (Å²) < 4.78 is 0. The van der Waals surface area contributed by atoms with Crippen LogP contribution >= 0.6 is 0 Å². The van der Waals surface area contributed by atoms with E-state index in [1.807, 2.05) is 0 Å². The predicted octanol–water partition coefficient (Wildman–Crippen LogP) is -2.24. The summed E-state index contributed by atoms with van der Waals surface area (Å²) in [5.41, 5.74) is 10.6. The van der Waals surface area contributed by atoms with E-state index in [1.54, 1.807) is 0 Å². The summed E-state index contributed by atoms with van der Waals surface area (Å²) in [5.74, 6) is -0.833. The van der Waals surface area contributed by atoms with Crippen LogP contribution in [-0.2, 0) is 4.79 Å². The van der Waals surface area contributed by atoms with Gasteiger partial charge in [0.25, 0.3) is 5.97 Å². The fourth-order valence-electron chi connectivity index (χ4n) is 0.933. The van der Waals surface area contributed by atoms with Crippen molar-refractivity contribution in [3.63, 3.8) is 0 Å². The van der Waals surface area contributed by atoms with E-state index in [-0.39, 0.29) is 0 Å². The van der Waals surface area contributed by atoms with Gasteiger partial charge < -0.3 is 32.5 Å². The molecule has 0 aromatic rings. The third-order valence-electron chi connectivity index (χ3n) is 1.60. The van der Waals surface area contributed by atoms with Gasteiger partial charge in [-0.2, -0.15) is 0 Å². The number of carboxylic acid groups (broad SMARTS) is 1. The van der Waals surface area contributed by atoms with E-state index in [9.17, 15) is 0 Å². The first-order valence-electron chi connectivity index (χ1n) is 5.87. The highest BCUT2D eigenvalue weighted by atomic mass is 16.4. The van der Waals surface area contributed by atoms with Crippen molar-refractivity contribution in [1.29, 1.82) is 0 Å². The zero-order valence-electron chi connectivity index (χ0n) is 10.7. The number of nitrogens with one attached hydrogen (secondary N) is 3. The molecule has 0 aliphatic heterocycles. The molecule has 0 aliphatic carbocycles. The van der Waals surface area contributed by atoms with Crippen molar-refractivity contribution >= 4 is 5.97 Å². The zero-order valence-corrected chi connectivity index (χ0v) is 10.7. The molecule has 0 spiro atoms. The molecule has 0 radical (unpaired) electrons. The number of rotatable bonds is 10. The molecule has 0 aromatic heterocycles. The van der Waals surface area contributed by atoms with Crippen LogP contribution in [0.3, 0.4) is 0 Å². The lowest BCUT2D eigenvalue weighted by Gasteiger charge is -2.06. The minimum absolute atomic E-state index is 0.706. The second-order valence-corrected chi connectivity index (χ2v) is 3.35. The van der Waals surface area contributed by atoms with Gasteiger partial charge in [-0.25, -0.2) is 0 Å². The summed E-state index contributed by atoms with van der Waals surface area (Å²) in [6.07, 6.45) is 0. The van der Waals surface area contributed by atoms with E-state index in [0.29, 0.717) is 13.1 Å². The van der Waals surface area contributed by atoms with Crippen LogP contribution in [0.15, 0.2) is 0 Å². The Morgan fingerprint density at radius 2 is 1.12 bits per heavy atom. The third kappa shape index (κ3) is 31.3. The van der Waals surface area contributed by atoms with Crippen LogP contribution < -0.4 is 27.4 Å². The number of nitrogens with two attached hydrogens (primary N) is 2. The molecule has 0 rings (SSSR count). The van der Waals surface area contributed by atoms with E-state index in [2.05, 4.69) is 16.0 Å². The Balaban J connectivity index is 0. The van der Waals surface area contributed by atoms with Crippen molar-refractivity contribution in [2.45, 2.75) is 6.92 Å². The summed E-state index contributed by atoms with van der Waals surface area (Å²) in [6, 6.07) is 0. The molecule has 0 atom stereocenters. The molecular formula is C10H27N5O2. The number of carboxylic acids is 1. The minimum atomic E-state index is -0.833. The standard InChI is InChI=1S/C8H23N5.C2H4O2/c9-1-3-11-5-7-13-8-6-12-4-2-10;1-2(3)4/h11-13H,1-10H2;1H3,(H,3,4). The highest BCUT2D eigenvalue weighted by Gasteiger charge is 1.87. The molecule has 7 heteroatoms. The monoisotopic (exact) mass is 249 g/mol. The number of hydrogen-bond donors (Lipinski definition) is 6. The van der Waals surface area contributed by atoms with Gasteiger partial charge in [0, 0.05) is 59.3 Å². The molecule has 17 heavy (non-hydrogen) atoms. The summed E-state index contributed by atoms with van der Waals surface area (Å²) in [7, 11) is 0. The molecule has 7 nitrogen and oxygen atoms in total. The highest BCUT2D eigenvalue weighted by molar-refractivity contribution is 5.62. The zero-order chi connectivity index (χ0) is 13.4. The van der Waals surface area contributed by atoms with Gasteiger partial charge in [-0.05, 0) is 0 Å². The molecule has 8 N–H and O–H groups in total. The summed E-state index contributed by atoms with van der Waals surface area (Å²) in [6.45, 7) is 8.23.